The van der Waals surface area contributed by atoms with E-state index in [-0.39, 0.29) is 23.1 Å². The Morgan fingerprint density at radius 3 is 2.59 bits per heavy atom. The number of benzene rings is 1. The summed E-state index contributed by atoms with van der Waals surface area (Å²) >= 11 is 0. The SMILES string of the molecule is Cc1[nH]n([C@H]2CCS(=O)(=O)C2)c(=O)c1CCc1ccccc1. The van der Waals surface area contributed by atoms with Gasteiger partial charge in [0.1, 0.15) is 0 Å². The second-order valence-electron chi connectivity index (χ2n) is 5.93. The maximum Gasteiger partial charge on any atom is 0.270 e. The highest BCUT2D eigenvalue weighted by Crippen LogP contribution is 2.22. The van der Waals surface area contributed by atoms with Gasteiger partial charge in [0, 0.05) is 11.3 Å². The zero-order chi connectivity index (χ0) is 15.7. The van der Waals surface area contributed by atoms with Crippen molar-refractivity contribution in [2.75, 3.05) is 11.5 Å². The summed E-state index contributed by atoms with van der Waals surface area (Å²) in [4.78, 5) is 12.5. The average Bonchev–Trinajstić information content (AvgIpc) is 2.98. The fourth-order valence-corrected chi connectivity index (χ4v) is 4.75. The van der Waals surface area contributed by atoms with Crippen LogP contribution in [-0.2, 0) is 22.7 Å². The van der Waals surface area contributed by atoms with Gasteiger partial charge in [0.05, 0.1) is 17.5 Å². The Balaban J connectivity index is 1.80. The van der Waals surface area contributed by atoms with E-state index in [4.69, 9.17) is 0 Å². The Morgan fingerprint density at radius 1 is 1.23 bits per heavy atom. The highest BCUT2D eigenvalue weighted by Gasteiger charge is 2.31. The molecule has 0 amide bonds. The van der Waals surface area contributed by atoms with Crippen LogP contribution in [0.3, 0.4) is 0 Å². The molecular formula is C16H20N2O3S. The number of hydrogen-bond donors (Lipinski definition) is 1. The zero-order valence-electron chi connectivity index (χ0n) is 12.6. The first-order valence-electron chi connectivity index (χ1n) is 7.50. The van der Waals surface area contributed by atoms with Gasteiger partial charge < -0.3 is 0 Å². The summed E-state index contributed by atoms with van der Waals surface area (Å²) in [6.07, 6.45) is 1.98. The largest absolute Gasteiger partial charge is 0.299 e. The molecule has 5 nitrogen and oxygen atoms in total. The van der Waals surface area contributed by atoms with Crippen LogP contribution in [0.25, 0.3) is 0 Å². The van der Waals surface area contributed by atoms with Crippen LogP contribution in [0.2, 0.25) is 0 Å². The number of nitrogens with zero attached hydrogens (tertiary/aromatic N) is 1. The summed E-state index contributed by atoms with van der Waals surface area (Å²) < 4.78 is 24.7. The van der Waals surface area contributed by atoms with Gasteiger partial charge in [-0.15, -0.1) is 0 Å². The van der Waals surface area contributed by atoms with Crippen molar-refractivity contribution in [1.82, 2.24) is 9.78 Å². The molecular weight excluding hydrogens is 300 g/mol. The summed E-state index contributed by atoms with van der Waals surface area (Å²) in [5.74, 6) is 0.229. The van der Waals surface area contributed by atoms with Gasteiger partial charge in [0.25, 0.3) is 5.56 Å². The molecule has 1 aromatic heterocycles. The van der Waals surface area contributed by atoms with Crippen LogP contribution >= 0.6 is 0 Å². The molecule has 6 heteroatoms. The van der Waals surface area contributed by atoms with Crippen molar-refractivity contribution in [1.29, 1.82) is 0 Å². The molecule has 1 aliphatic rings. The highest BCUT2D eigenvalue weighted by molar-refractivity contribution is 7.91. The smallest absolute Gasteiger partial charge is 0.270 e. The zero-order valence-corrected chi connectivity index (χ0v) is 13.4. The van der Waals surface area contributed by atoms with Crippen LogP contribution < -0.4 is 5.56 Å². The number of aromatic amines is 1. The Bertz CT molecular complexity index is 819. The first kappa shape index (κ1) is 15.1. The summed E-state index contributed by atoms with van der Waals surface area (Å²) in [5, 5.41) is 3.07. The predicted molar refractivity (Wildman–Crippen MR) is 85.9 cm³/mol. The number of aryl methyl sites for hydroxylation is 2. The first-order valence-corrected chi connectivity index (χ1v) is 9.33. The van der Waals surface area contributed by atoms with E-state index in [0.29, 0.717) is 12.8 Å². The molecule has 0 radical (unpaired) electrons. The van der Waals surface area contributed by atoms with Crippen molar-refractivity contribution in [2.24, 2.45) is 0 Å². The number of hydrogen-bond acceptors (Lipinski definition) is 3. The number of sulfone groups is 1. The summed E-state index contributed by atoms with van der Waals surface area (Å²) in [7, 11) is -3.00. The molecule has 2 aromatic rings. The van der Waals surface area contributed by atoms with E-state index in [1.54, 1.807) is 0 Å². The molecule has 22 heavy (non-hydrogen) atoms. The minimum Gasteiger partial charge on any atom is -0.299 e. The lowest BCUT2D eigenvalue weighted by atomic mass is 10.1. The van der Waals surface area contributed by atoms with Crippen molar-refractivity contribution in [2.45, 2.75) is 32.2 Å². The molecule has 1 aromatic carbocycles. The molecule has 0 aliphatic carbocycles. The second-order valence-corrected chi connectivity index (χ2v) is 8.16. The molecule has 0 bridgehead atoms. The molecule has 3 rings (SSSR count). The van der Waals surface area contributed by atoms with E-state index >= 15 is 0 Å². The lowest BCUT2D eigenvalue weighted by Gasteiger charge is -2.07. The van der Waals surface area contributed by atoms with Crippen LogP contribution in [0, 0.1) is 6.92 Å². The van der Waals surface area contributed by atoms with Crippen LogP contribution in [0.5, 0.6) is 0 Å². The van der Waals surface area contributed by atoms with E-state index in [1.807, 2.05) is 37.3 Å². The molecule has 1 N–H and O–H groups in total. The minimum absolute atomic E-state index is 0.0605. The number of aromatic nitrogens is 2. The van der Waals surface area contributed by atoms with Crippen LogP contribution in [0.1, 0.15) is 29.3 Å². The summed E-state index contributed by atoms with van der Waals surface area (Å²) in [5.41, 5.74) is 2.71. The van der Waals surface area contributed by atoms with Gasteiger partial charge in [-0.3, -0.25) is 9.89 Å². The molecule has 2 heterocycles. The van der Waals surface area contributed by atoms with Gasteiger partial charge in [-0.05, 0) is 31.7 Å². The second kappa shape index (κ2) is 5.76. The standard InChI is InChI=1S/C16H20N2O3S/c1-12-15(8-7-13-5-3-2-4-6-13)16(19)18(17-12)14-9-10-22(20,21)11-14/h2-6,14,17H,7-11H2,1H3/t14-/m0/s1. The minimum atomic E-state index is -3.00. The number of nitrogens with one attached hydrogen (secondary N) is 1. The number of H-pyrrole nitrogens is 1. The maximum atomic E-state index is 12.5. The van der Waals surface area contributed by atoms with Crippen molar-refractivity contribution in [3.63, 3.8) is 0 Å². The monoisotopic (exact) mass is 320 g/mol. The van der Waals surface area contributed by atoms with E-state index in [0.717, 1.165) is 17.7 Å². The fourth-order valence-electron chi connectivity index (χ4n) is 3.05. The third kappa shape index (κ3) is 3.02. The quantitative estimate of drug-likeness (QED) is 0.930. The van der Waals surface area contributed by atoms with Gasteiger partial charge in [-0.1, -0.05) is 30.3 Å². The lowest BCUT2D eigenvalue weighted by Crippen LogP contribution is -2.25. The molecule has 1 fully saturated rings. The Hall–Kier alpha value is -1.82. The van der Waals surface area contributed by atoms with Crippen LogP contribution in [0.4, 0.5) is 0 Å². The van der Waals surface area contributed by atoms with Gasteiger partial charge in [0.15, 0.2) is 9.84 Å². The van der Waals surface area contributed by atoms with Crippen molar-refractivity contribution in [3.05, 3.63) is 57.5 Å². The van der Waals surface area contributed by atoms with Crippen LogP contribution in [0.15, 0.2) is 35.1 Å². The molecule has 1 atom stereocenters. The lowest BCUT2D eigenvalue weighted by molar-refractivity contribution is 0.483. The van der Waals surface area contributed by atoms with Crippen LogP contribution in [-0.4, -0.2) is 29.7 Å². The molecule has 0 saturated carbocycles. The average molecular weight is 320 g/mol. The van der Waals surface area contributed by atoms with Crippen molar-refractivity contribution >= 4 is 9.84 Å². The molecule has 1 saturated heterocycles. The predicted octanol–water partition coefficient (Wildman–Crippen LogP) is 1.63. The van der Waals surface area contributed by atoms with E-state index in [2.05, 4.69) is 5.10 Å². The van der Waals surface area contributed by atoms with Gasteiger partial charge in [-0.2, -0.15) is 0 Å². The third-order valence-corrected chi connectivity index (χ3v) is 6.05. The Kier molecular flexibility index (Phi) is 3.95. The molecule has 0 unspecified atom stereocenters. The van der Waals surface area contributed by atoms with E-state index < -0.39 is 9.84 Å². The fraction of sp³-hybridized carbons (Fsp3) is 0.438. The summed E-state index contributed by atoms with van der Waals surface area (Å²) in [6, 6.07) is 9.79. The number of rotatable bonds is 4. The maximum absolute atomic E-state index is 12.5. The topological polar surface area (TPSA) is 71.9 Å². The summed E-state index contributed by atoms with van der Waals surface area (Å²) in [6.45, 7) is 1.88. The first-order chi connectivity index (χ1) is 10.5. The van der Waals surface area contributed by atoms with E-state index in [9.17, 15) is 13.2 Å². The molecule has 1 aliphatic heterocycles. The van der Waals surface area contributed by atoms with Crippen molar-refractivity contribution in [3.8, 4) is 0 Å². The molecule has 0 spiro atoms. The highest BCUT2D eigenvalue weighted by atomic mass is 32.2. The van der Waals surface area contributed by atoms with Crippen molar-refractivity contribution < 1.29 is 8.42 Å². The van der Waals surface area contributed by atoms with Gasteiger partial charge in [-0.25, -0.2) is 13.1 Å². The van der Waals surface area contributed by atoms with E-state index in [1.165, 1.54) is 10.2 Å². The Morgan fingerprint density at radius 2 is 1.95 bits per heavy atom. The van der Waals surface area contributed by atoms with Gasteiger partial charge in [0.2, 0.25) is 0 Å². The van der Waals surface area contributed by atoms with Gasteiger partial charge >= 0.3 is 0 Å². The molecule has 118 valence electrons. The third-order valence-electron chi connectivity index (χ3n) is 4.30. The Labute approximate surface area is 129 Å². The normalized spacial score (nSPS) is 20.3.